The van der Waals surface area contributed by atoms with Crippen LogP contribution in [-0.4, -0.2) is 26.4 Å². The summed E-state index contributed by atoms with van der Waals surface area (Å²) < 4.78 is 1.94. The summed E-state index contributed by atoms with van der Waals surface area (Å²) in [5.74, 6) is 0.692. The van der Waals surface area contributed by atoms with Crippen molar-refractivity contribution in [3.63, 3.8) is 0 Å². The summed E-state index contributed by atoms with van der Waals surface area (Å²) in [5.41, 5.74) is 4.33. The van der Waals surface area contributed by atoms with Gasteiger partial charge in [-0.25, -0.2) is 0 Å². The molecule has 140 valence electrons. The number of hydrogen-bond acceptors (Lipinski definition) is 4. The molecule has 2 aromatic carbocycles. The molecule has 6 heteroatoms. The van der Waals surface area contributed by atoms with Crippen molar-refractivity contribution in [3.8, 4) is 5.69 Å². The van der Waals surface area contributed by atoms with Gasteiger partial charge in [-0.2, -0.15) is 0 Å². The monoisotopic (exact) mass is 380 g/mol. The highest BCUT2D eigenvalue weighted by molar-refractivity contribution is 7.99. The second-order valence-electron chi connectivity index (χ2n) is 6.58. The molecule has 1 N–H and O–H groups in total. The lowest BCUT2D eigenvalue weighted by molar-refractivity contribution is -0.113. The Morgan fingerprint density at radius 2 is 1.89 bits per heavy atom. The van der Waals surface area contributed by atoms with E-state index in [1.165, 1.54) is 22.9 Å². The number of nitrogens with zero attached hydrogens (tertiary/aromatic N) is 3. The molecule has 0 unspecified atom stereocenters. The lowest BCUT2D eigenvalue weighted by Crippen LogP contribution is -2.14. The number of hydrogen-bond donors (Lipinski definition) is 1. The molecule has 1 aromatic heterocycles. The van der Waals surface area contributed by atoms with Crippen LogP contribution in [0.5, 0.6) is 0 Å². The molecular weight excluding hydrogens is 356 g/mol. The fourth-order valence-corrected chi connectivity index (χ4v) is 3.53. The zero-order valence-electron chi connectivity index (χ0n) is 15.8. The van der Waals surface area contributed by atoms with Crippen LogP contribution >= 0.6 is 11.8 Å². The van der Waals surface area contributed by atoms with E-state index in [4.69, 9.17) is 0 Å². The molecule has 0 radical (unpaired) electrons. The summed E-state index contributed by atoms with van der Waals surface area (Å²) in [6.07, 6.45) is 2.62. The van der Waals surface area contributed by atoms with Crippen LogP contribution in [0.4, 0.5) is 5.69 Å². The van der Waals surface area contributed by atoms with E-state index in [0.29, 0.717) is 11.1 Å². The maximum absolute atomic E-state index is 12.3. The Kier molecular flexibility index (Phi) is 6.29. The molecule has 0 saturated carbocycles. The van der Waals surface area contributed by atoms with Crippen LogP contribution in [-0.2, 0) is 11.2 Å². The normalized spacial score (nSPS) is 11.0. The fraction of sp³-hybridized carbons (Fsp3) is 0.286. The van der Waals surface area contributed by atoms with Crippen molar-refractivity contribution >= 4 is 23.4 Å². The number of rotatable bonds is 7. The largest absolute Gasteiger partial charge is 0.325 e. The topological polar surface area (TPSA) is 59.8 Å². The molecule has 0 aliphatic heterocycles. The number of amides is 1. The Morgan fingerprint density at radius 1 is 1.15 bits per heavy atom. The SMILES string of the molecule is CCc1ccccc1-n1cnnc1SCC(=O)Nc1ccc(C(C)C)cc1. The van der Waals surface area contributed by atoms with Crippen LogP contribution < -0.4 is 5.32 Å². The molecule has 1 amide bonds. The van der Waals surface area contributed by atoms with Crippen LogP contribution in [0.15, 0.2) is 60.0 Å². The maximum atomic E-state index is 12.3. The van der Waals surface area contributed by atoms with Crippen molar-refractivity contribution in [2.75, 3.05) is 11.1 Å². The Labute approximate surface area is 164 Å². The number of thioether (sulfide) groups is 1. The van der Waals surface area contributed by atoms with Crippen LogP contribution in [0.1, 0.15) is 37.8 Å². The summed E-state index contributed by atoms with van der Waals surface area (Å²) in [4.78, 5) is 12.3. The molecule has 0 bridgehead atoms. The van der Waals surface area contributed by atoms with Gasteiger partial charge in [0.2, 0.25) is 5.91 Å². The Bertz CT molecular complexity index is 903. The predicted octanol–water partition coefficient (Wildman–Crippen LogP) is 4.68. The van der Waals surface area contributed by atoms with Gasteiger partial charge in [0.05, 0.1) is 11.4 Å². The molecule has 0 spiro atoms. The molecule has 3 aromatic rings. The molecule has 0 atom stereocenters. The summed E-state index contributed by atoms with van der Waals surface area (Å²) in [7, 11) is 0. The van der Waals surface area contributed by atoms with Crippen molar-refractivity contribution in [1.82, 2.24) is 14.8 Å². The molecule has 3 rings (SSSR count). The molecule has 0 fully saturated rings. The van der Waals surface area contributed by atoms with E-state index in [1.54, 1.807) is 6.33 Å². The fourth-order valence-electron chi connectivity index (χ4n) is 2.81. The average molecular weight is 381 g/mol. The second kappa shape index (κ2) is 8.86. The van der Waals surface area contributed by atoms with Gasteiger partial charge >= 0.3 is 0 Å². The van der Waals surface area contributed by atoms with Crippen molar-refractivity contribution < 1.29 is 4.79 Å². The molecule has 0 aliphatic rings. The van der Waals surface area contributed by atoms with E-state index in [0.717, 1.165) is 17.8 Å². The van der Waals surface area contributed by atoms with Crippen molar-refractivity contribution in [2.24, 2.45) is 0 Å². The number of aromatic nitrogens is 3. The Balaban J connectivity index is 1.64. The van der Waals surface area contributed by atoms with Crippen LogP contribution in [0, 0.1) is 0 Å². The molecule has 0 aliphatic carbocycles. The van der Waals surface area contributed by atoms with Crippen LogP contribution in [0.25, 0.3) is 5.69 Å². The van der Waals surface area contributed by atoms with Gasteiger partial charge in [0, 0.05) is 5.69 Å². The highest BCUT2D eigenvalue weighted by Crippen LogP contribution is 2.23. The third kappa shape index (κ3) is 4.77. The first-order valence-corrected chi connectivity index (χ1v) is 10.1. The Morgan fingerprint density at radius 3 is 2.59 bits per heavy atom. The van der Waals surface area contributed by atoms with Gasteiger partial charge in [-0.05, 0) is 41.7 Å². The highest BCUT2D eigenvalue weighted by atomic mass is 32.2. The predicted molar refractivity (Wildman–Crippen MR) is 111 cm³/mol. The molecule has 1 heterocycles. The van der Waals surface area contributed by atoms with Crippen molar-refractivity contribution in [3.05, 3.63) is 66.0 Å². The Hall–Kier alpha value is -2.60. The van der Waals surface area contributed by atoms with Crippen molar-refractivity contribution in [1.29, 1.82) is 0 Å². The smallest absolute Gasteiger partial charge is 0.234 e. The van der Waals surface area contributed by atoms with E-state index in [9.17, 15) is 4.79 Å². The van der Waals surface area contributed by atoms with E-state index < -0.39 is 0 Å². The minimum atomic E-state index is -0.0596. The number of benzene rings is 2. The van der Waals surface area contributed by atoms with Crippen molar-refractivity contribution in [2.45, 2.75) is 38.3 Å². The minimum Gasteiger partial charge on any atom is -0.325 e. The molecule has 0 saturated heterocycles. The van der Waals surface area contributed by atoms with E-state index in [-0.39, 0.29) is 11.7 Å². The zero-order chi connectivity index (χ0) is 19.2. The number of para-hydroxylation sites is 1. The number of aryl methyl sites for hydroxylation is 1. The summed E-state index contributed by atoms with van der Waals surface area (Å²) in [6.45, 7) is 6.42. The first-order valence-electron chi connectivity index (χ1n) is 9.09. The van der Waals surface area contributed by atoms with Gasteiger partial charge in [-0.15, -0.1) is 10.2 Å². The summed E-state index contributed by atoms with van der Waals surface area (Å²) in [5, 5.41) is 11.8. The lowest BCUT2D eigenvalue weighted by atomic mass is 10.0. The van der Waals surface area contributed by atoms with E-state index >= 15 is 0 Å². The lowest BCUT2D eigenvalue weighted by Gasteiger charge is -2.11. The number of carbonyl (C=O) groups excluding carboxylic acids is 1. The third-order valence-corrected chi connectivity index (χ3v) is 5.29. The van der Waals surface area contributed by atoms with Gasteiger partial charge in [0.15, 0.2) is 5.16 Å². The van der Waals surface area contributed by atoms with Gasteiger partial charge in [0.1, 0.15) is 6.33 Å². The molecular formula is C21H24N4OS. The van der Waals surface area contributed by atoms with Crippen LogP contribution in [0.2, 0.25) is 0 Å². The van der Waals surface area contributed by atoms with Gasteiger partial charge in [0.25, 0.3) is 0 Å². The molecule has 27 heavy (non-hydrogen) atoms. The maximum Gasteiger partial charge on any atom is 0.234 e. The average Bonchev–Trinajstić information content (AvgIpc) is 3.15. The summed E-state index contributed by atoms with van der Waals surface area (Å²) >= 11 is 1.38. The minimum absolute atomic E-state index is 0.0596. The van der Waals surface area contributed by atoms with E-state index in [1.807, 2.05) is 47.0 Å². The summed E-state index contributed by atoms with van der Waals surface area (Å²) in [6, 6.07) is 16.1. The van der Waals surface area contributed by atoms with E-state index in [2.05, 4.69) is 42.4 Å². The van der Waals surface area contributed by atoms with Gasteiger partial charge in [-0.1, -0.05) is 62.9 Å². The number of carbonyl (C=O) groups is 1. The van der Waals surface area contributed by atoms with Crippen LogP contribution in [0.3, 0.4) is 0 Å². The standard InChI is InChI=1S/C21H24N4OS/c1-4-16-7-5-6-8-19(16)25-14-22-24-21(25)27-13-20(26)23-18-11-9-17(10-12-18)15(2)3/h5-12,14-15H,4,13H2,1-3H3,(H,23,26). The van der Waals surface area contributed by atoms with Gasteiger partial charge in [-0.3, -0.25) is 9.36 Å². The number of nitrogens with one attached hydrogen (secondary N) is 1. The third-order valence-electron chi connectivity index (χ3n) is 4.34. The first-order chi connectivity index (χ1) is 13.1. The number of anilines is 1. The quantitative estimate of drug-likeness (QED) is 0.605. The van der Waals surface area contributed by atoms with Gasteiger partial charge < -0.3 is 5.32 Å². The highest BCUT2D eigenvalue weighted by Gasteiger charge is 2.12. The molecule has 5 nitrogen and oxygen atoms in total. The zero-order valence-corrected chi connectivity index (χ0v) is 16.7. The first kappa shape index (κ1) is 19.2. The second-order valence-corrected chi connectivity index (χ2v) is 7.52.